The van der Waals surface area contributed by atoms with Gasteiger partial charge in [-0.3, -0.25) is 0 Å². The van der Waals surface area contributed by atoms with Gasteiger partial charge in [0.15, 0.2) is 0 Å². The number of benzene rings is 2. The molecule has 2 aromatic rings. The molecule has 0 unspecified atom stereocenters. The summed E-state index contributed by atoms with van der Waals surface area (Å²) in [6, 6.07) is 18.2. The maximum absolute atomic E-state index is 3.77. The molecule has 2 nitrogen and oxygen atoms in total. The van der Waals surface area contributed by atoms with Crippen molar-refractivity contribution in [3.05, 3.63) is 58.6 Å². The van der Waals surface area contributed by atoms with Gasteiger partial charge in [0.05, 0.1) is 0 Å². The summed E-state index contributed by atoms with van der Waals surface area (Å²) in [5.74, 6) is 0. The molecule has 3 rings (SSSR count). The zero-order chi connectivity index (χ0) is 16.2. The number of hydrogen-bond donors (Lipinski definition) is 1. The highest BCUT2D eigenvalue weighted by atomic mass is 79.9. The molecule has 23 heavy (non-hydrogen) atoms. The van der Waals surface area contributed by atoms with E-state index in [-0.39, 0.29) is 0 Å². The molecule has 0 spiro atoms. The van der Waals surface area contributed by atoms with Crippen LogP contribution >= 0.6 is 15.9 Å². The third kappa shape index (κ3) is 3.89. The van der Waals surface area contributed by atoms with Gasteiger partial charge in [0, 0.05) is 35.0 Å². The number of likely N-dealkylation sites (N-methyl/N-ethyl adjacent to an activating group) is 1. The standard InChI is InChI=1S/C20H25BrN2/c1-15-8-3-5-12-19(15)23(2)20-13-6-4-11-18(20)22-17-10-7-9-16(21)14-17/h3,5,7-10,12,14,18,20,22H,4,6,11,13H2,1-2H3/t18-,20-/m1/s1. The van der Waals surface area contributed by atoms with Crippen molar-refractivity contribution in [3.8, 4) is 0 Å². The fourth-order valence-corrected chi connectivity index (χ4v) is 4.07. The molecule has 0 radical (unpaired) electrons. The Hall–Kier alpha value is -1.48. The Labute approximate surface area is 148 Å². The summed E-state index contributed by atoms with van der Waals surface area (Å²) >= 11 is 3.57. The predicted molar refractivity (Wildman–Crippen MR) is 103 cm³/mol. The quantitative estimate of drug-likeness (QED) is 0.749. The Bertz CT molecular complexity index is 656. The van der Waals surface area contributed by atoms with E-state index in [9.17, 15) is 0 Å². The SMILES string of the molecule is Cc1ccccc1N(C)[C@@H]1CCCC[C@H]1Nc1cccc(Br)c1. The van der Waals surface area contributed by atoms with Crippen LogP contribution in [0.4, 0.5) is 11.4 Å². The molecule has 1 fully saturated rings. The maximum Gasteiger partial charge on any atom is 0.0488 e. The van der Waals surface area contributed by atoms with Crippen LogP contribution in [0.3, 0.4) is 0 Å². The number of nitrogens with one attached hydrogen (secondary N) is 1. The third-order valence-corrected chi connectivity index (χ3v) is 5.39. The Morgan fingerprint density at radius 1 is 1.04 bits per heavy atom. The molecule has 0 bridgehead atoms. The van der Waals surface area contributed by atoms with Crippen molar-refractivity contribution < 1.29 is 0 Å². The number of nitrogens with zero attached hydrogens (tertiary/aromatic N) is 1. The summed E-state index contributed by atoms with van der Waals surface area (Å²) in [7, 11) is 2.24. The molecule has 1 aliphatic rings. The number of halogens is 1. The first-order valence-corrected chi connectivity index (χ1v) is 9.25. The van der Waals surface area contributed by atoms with E-state index in [4.69, 9.17) is 0 Å². The van der Waals surface area contributed by atoms with Gasteiger partial charge in [0.25, 0.3) is 0 Å². The highest BCUT2D eigenvalue weighted by Crippen LogP contribution is 2.30. The van der Waals surface area contributed by atoms with Crippen LogP contribution in [0.5, 0.6) is 0 Å². The molecule has 1 N–H and O–H groups in total. The monoisotopic (exact) mass is 372 g/mol. The van der Waals surface area contributed by atoms with E-state index in [0.717, 1.165) is 4.47 Å². The van der Waals surface area contributed by atoms with Crippen molar-refractivity contribution in [1.82, 2.24) is 0 Å². The van der Waals surface area contributed by atoms with Gasteiger partial charge in [-0.2, -0.15) is 0 Å². The van der Waals surface area contributed by atoms with Crippen LogP contribution in [0.15, 0.2) is 53.0 Å². The fourth-order valence-electron chi connectivity index (χ4n) is 3.67. The van der Waals surface area contributed by atoms with Gasteiger partial charge in [-0.25, -0.2) is 0 Å². The maximum atomic E-state index is 3.77. The largest absolute Gasteiger partial charge is 0.380 e. The number of rotatable bonds is 4. The van der Waals surface area contributed by atoms with Crippen molar-refractivity contribution in [2.24, 2.45) is 0 Å². The minimum atomic E-state index is 0.489. The second kappa shape index (κ2) is 7.39. The Balaban J connectivity index is 1.80. The first-order valence-electron chi connectivity index (χ1n) is 8.46. The van der Waals surface area contributed by atoms with E-state index in [2.05, 4.69) is 88.6 Å². The van der Waals surface area contributed by atoms with Gasteiger partial charge in [-0.15, -0.1) is 0 Å². The minimum Gasteiger partial charge on any atom is -0.380 e. The molecule has 0 heterocycles. The van der Waals surface area contributed by atoms with Crippen molar-refractivity contribution in [2.75, 3.05) is 17.3 Å². The molecule has 1 aliphatic carbocycles. The number of para-hydroxylation sites is 1. The molecular formula is C20H25BrN2. The summed E-state index contributed by atoms with van der Waals surface area (Å²) in [6.45, 7) is 2.20. The van der Waals surface area contributed by atoms with Gasteiger partial charge >= 0.3 is 0 Å². The second-order valence-corrected chi connectivity index (χ2v) is 7.43. The van der Waals surface area contributed by atoms with E-state index in [1.165, 1.54) is 42.6 Å². The van der Waals surface area contributed by atoms with Crippen LogP contribution in [0, 0.1) is 6.92 Å². The first-order chi connectivity index (χ1) is 11.1. The zero-order valence-electron chi connectivity index (χ0n) is 13.9. The number of anilines is 2. The van der Waals surface area contributed by atoms with Crippen LogP contribution in [0.1, 0.15) is 31.2 Å². The summed E-state index contributed by atoms with van der Waals surface area (Å²) in [5, 5.41) is 3.77. The molecule has 122 valence electrons. The van der Waals surface area contributed by atoms with Gasteiger partial charge in [-0.05, 0) is 49.6 Å². The topological polar surface area (TPSA) is 15.3 Å². The zero-order valence-corrected chi connectivity index (χ0v) is 15.5. The summed E-state index contributed by atoms with van der Waals surface area (Å²) in [5.41, 5.74) is 3.90. The van der Waals surface area contributed by atoms with Gasteiger partial charge in [-0.1, -0.05) is 53.0 Å². The van der Waals surface area contributed by atoms with E-state index in [1.807, 2.05) is 0 Å². The van der Waals surface area contributed by atoms with Gasteiger partial charge < -0.3 is 10.2 Å². The van der Waals surface area contributed by atoms with Crippen molar-refractivity contribution in [3.63, 3.8) is 0 Å². The fraction of sp³-hybridized carbons (Fsp3) is 0.400. The molecule has 0 saturated heterocycles. The van der Waals surface area contributed by atoms with E-state index in [1.54, 1.807) is 0 Å². The highest BCUT2D eigenvalue weighted by Gasteiger charge is 2.29. The number of hydrogen-bond acceptors (Lipinski definition) is 2. The normalized spacial score (nSPS) is 21.0. The van der Waals surface area contributed by atoms with Crippen LogP contribution < -0.4 is 10.2 Å². The van der Waals surface area contributed by atoms with Crippen molar-refractivity contribution in [1.29, 1.82) is 0 Å². The van der Waals surface area contributed by atoms with Gasteiger partial charge in [0.1, 0.15) is 0 Å². The summed E-state index contributed by atoms with van der Waals surface area (Å²) in [6.07, 6.45) is 5.10. The molecule has 0 amide bonds. The lowest BCUT2D eigenvalue weighted by Gasteiger charge is -2.40. The smallest absolute Gasteiger partial charge is 0.0488 e. The molecule has 0 aromatic heterocycles. The molecule has 0 aliphatic heterocycles. The summed E-state index contributed by atoms with van der Waals surface area (Å²) < 4.78 is 1.13. The lowest BCUT2D eigenvalue weighted by atomic mass is 9.88. The first kappa shape index (κ1) is 16.4. The van der Waals surface area contributed by atoms with Crippen molar-refractivity contribution >= 4 is 27.3 Å². The Kier molecular flexibility index (Phi) is 5.27. The van der Waals surface area contributed by atoms with Gasteiger partial charge in [0.2, 0.25) is 0 Å². The molecule has 2 aromatic carbocycles. The van der Waals surface area contributed by atoms with E-state index in [0.29, 0.717) is 12.1 Å². The second-order valence-electron chi connectivity index (χ2n) is 6.51. The van der Waals surface area contributed by atoms with Crippen LogP contribution in [0.2, 0.25) is 0 Å². The van der Waals surface area contributed by atoms with E-state index >= 15 is 0 Å². The molecule has 2 atom stereocenters. The molecular weight excluding hydrogens is 348 g/mol. The molecule has 1 saturated carbocycles. The predicted octanol–water partition coefficient (Wildman–Crippen LogP) is 5.62. The highest BCUT2D eigenvalue weighted by molar-refractivity contribution is 9.10. The lowest BCUT2D eigenvalue weighted by Crippen LogP contribution is -2.47. The minimum absolute atomic E-state index is 0.489. The number of aryl methyl sites for hydroxylation is 1. The Morgan fingerprint density at radius 3 is 2.61 bits per heavy atom. The Morgan fingerprint density at radius 2 is 1.83 bits per heavy atom. The molecule has 3 heteroatoms. The average Bonchev–Trinajstić information content (AvgIpc) is 2.55. The third-order valence-electron chi connectivity index (χ3n) is 4.90. The lowest BCUT2D eigenvalue weighted by molar-refractivity contribution is 0.392. The summed E-state index contributed by atoms with van der Waals surface area (Å²) in [4.78, 5) is 2.48. The van der Waals surface area contributed by atoms with E-state index < -0.39 is 0 Å². The van der Waals surface area contributed by atoms with Crippen LogP contribution in [-0.4, -0.2) is 19.1 Å². The van der Waals surface area contributed by atoms with Crippen LogP contribution in [-0.2, 0) is 0 Å². The average molecular weight is 373 g/mol. The van der Waals surface area contributed by atoms with Crippen molar-refractivity contribution in [2.45, 2.75) is 44.7 Å². The van der Waals surface area contributed by atoms with Crippen LogP contribution in [0.25, 0.3) is 0 Å².